The number of rotatable bonds is 5. The van der Waals surface area contributed by atoms with Crippen molar-refractivity contribution in [3.63, 3.8) is 0 Å². The van der Waals surface area contributed by atoms with Crippen molar-refractivity contribution >= 4 is 5.91 Å². The van der Waals surface area contributed by atoms with Crippen LogP contribution in [-0.4, -0.2) is 25.7 Å². The Morgan fingerprint density at radius 1 is 1.00 bits per heavy atom. The van der Waals surface area contributed by atoms with Gasteiger partial charge in [-0.2, -0.15) is 0 Å². The average Bonchev–Trinajstić information content (AvgIpc) is 2.80. The van der Waals surface area contributed by atoms with Crippen molar-refractivity contribution in [3.05, 3.63) is 98.4 Å². The molecule has 0 aliphatic heterocycles. The Hall–Kier alpha value is -3.48. The molecular weight excluding hydrogens is 404 g/mol. The number of hydrogen-bond donors (Lipinski definition) is 0. The molecule has 1 aliphatic carbocycles. The van der Waals surface area contributed by atoms with E-state index in [2.05, 4.69) is 0 Å². The molecule has 0 atom stereocenters. The van der Waals surface area contributed by atoms with Crippen LogP contribution in [0.1, 0.15) is 48.0 Å². The van der Waals surface area contributed by atoms with Crippen molar-refractivity contribution in [1.82, 2.24) is 13.7 Å². The van der Waals surface area contributed by atoms with E-state index in [-0.39, 0.29) is 18.5 Å². The summed E-state index contributed by atoms with van der Waals surface area (Å²) in [7, 11) is 0. The fraction of sp³-hybridized carbons (Fsp3) is 0.360. The zero-order chi connectivity index (χ0) is 22.5. The molecule has 0 unspecified atom stereocenters. The lowest BCUT2D eigenvalue weighted by atomic mass is 9.96. The predicted molar refractivity (Wildman–Crippen MR) is 123 cm³/mol. The third kappa shape index (κ3) is 5.04. The molecule has 7 nitrogen and oxygen atoms in total. The maximum absolute atomic E-state index is 13.2. The summed E-state index contributed by atoms with van der Waals surface area (Å²) in [4.78, 5) is 43.4. The van der Waals surface area contributed by atoms with Crippen LogP contribution in [0, 0.1) is 6.92 Å². The predicted octanol–water partition coefficient (Wildman–Crippen LogP) is 2.74. The van der Waals surface area contributed by atoms with Gasteiger partial charge in [0.1, 0.15) is 12.0 Å². The fourth-order valence-electron chi connectivity index (χ4n) is 4.11. The van der Waals surface area contributed by atoms with Gasteiger partial charge in [-0.25, -0.2) is 4.79 Å². The van der Waals surface area contributed by atoms with E-state index in [1.807, 2.05) is 49.4 Å². The van der Waals surface area contributed by atoms with Crippen LogP contribution in [0.2, 0.25) is 0 Å². The van der Waals surface area contributed by atoms with Gasteiger partial charge in [0.05, 0.1) is 12.6 Å². The number of carbonyl (C=O) groups is 1. The van der Waals surface area contributed by atoms with Crippen molar-refractivity contribution in [3.8, 4) is 0 Å². The molecule has 2 aromatic heterocycles. The van der Waals surface area contributed by atoms with Crippen molar-refractivity contribution in [2.45, 2.75) is 58.2 Å². The van der Waals surface area contributed by atoms with Gasteiger partial charge in [-0.05, 0) is 43.0 Å². The van der Waals surface area contributed by atoms with E-state index >= 15 is 0 Å². The van der Waals surface area contributed by atoms with Crippen molar-refractivity contribution in [1.29, 1.82) is 0 Å². The highest BCUT2D eigenvalue weighted by Gasteiger charge is 2.15. The standard InChI is InChI=1S/C25H28N4O3/c1-19-12-15-28(22(16-19)26-21-10-6-3-7-11-21)24(31)18-29-23(30)13-14-27(25(29)32)17-20-8-4-2-5-9-20/h2,4-5,8-9,12-16,21H,3,6-7,10-11,17-18H2,1H3. The van der Waals surface area contributed by atoms with Gasteiger partial charge in [0, 0.05) is 18.5 Å². The molecule has 0 N–H and O–H groups in total. The topological polar surface area (TPSA) is 78.4 Å². The van der Waals surface area contributed by atoms with E-state index < -0.39 is 11.2 Å². The monoisotopic (exact) mass is 432 g/mol. The second kappa shape index (κ2) is 9.77. The Balaban J connectivity index is 1.65. The van der Waals surface area contributed by atoms with Crippen molar-refractivity contribution < 1.29 is 4.79 Å². The van der Waals surface area contributed by atoms with Crippen LogP contribution in [0.3, 0.4) is 0 Å². The Morgan fingerprint density at radius 2 is 1.75 bits per heavy atom. The molecule has 0 amide bonds. The number of hydrogen-bond acceptors (Lipinski definition) is 4. The number of nitrogens with zero attached hydrogens (tertiary/aromatic N) is 4. The maximum atomic E-state index is 13.2. The van der Waals surface area contributed by atoms with Crippen LogP contribution >= 0.6 is 0 Å². The lowest BCUT2D eigenvalue weighted by molar-refractivity contribution is 0.0881. The number of aryl methyl sites for hydroxylation is 1. The summed E-state index contributed by atoms with van der Waals surface area (Å²) in [5.41, 5.74) is 1.52. The zero-order valence-electron chi connectivity index (χ0n) is 18.3. The van der Waals surface area contributed by atoms with Crippen LogP contribution in [-0.2, 0) is 13.1 Å². The van der Waals surface area contributed by atoms with E-state index in [0.29, 0.717) is 12.0 Å². The van der Waals surface area contributed by atoms with Gasteiger partial charge in [-0.1, -0.05) is 49.6 Å². The van der Waals surface area contributed by atoms with Gasteiger partial charge in [0.25, 0.3) is 11.5 Å². The molecule has 7 heteroatoms. The van der Waals surface area contributed by atoms with Gasteiger partial charge < -0.3 is 0 Å². The average molecular weight is 433 g/mol. The normalized spacial score (nSPS) is 15.1. The first-order valence-electron chi connectivity index (χ1n) is 11.1. The summed E-state index contributed by atoms with van der Waals surface area (Å²) in [5.74, 6) is -0.365. The van der Waals surface area contributed by atoms with E-state index in [1.165, 1.54) is 27.8 Å². The second-order valence-corrected chi connectivity index (χ2v) is 8.38. The van der Waals surface area contributed by atoms with Crippen LogP contribution in [0.15, 0.2) is 75.5 Å². The molecular formula is C25H28N4O3. The third-order valence-corrected chi connectivity index (χ3v) is 5.88. The quantitative estimate of drug-likeness (QED) is 0.622. The Kier molecular flexibility index (Phi) is 6.63. The first-order valence-corrected chi connectivity index (χ1v) is 11.1. The van der Waals surface area contributed by atoms with E-state index in [1.54, 1.807) is 6.20 Å². The molecule has 1 aromatic carbocycles. The van der Waals surface area contributed by atoms with Crippen molar-refractivity contribution in [2.24, 2.45) is 4.99 Å². The highest BCUT2D eigenvalue weighted by atomic mass is 16.2. The molecule has 3 aromatic rings. The lowest BCUT2D eigenvalue weighted by Crippen LogP contribution is -2.43. The van der Waals surface area contributed by atoms with Crippen molar-refractivity contribution in [2.75, 3.05) is 0 Å². The third-order valence-electron chi connectivity index (χ3n) is 5.88. The largest absolute Gasteiger partial charge is 0.331 e. The molecule has 0 bridgehead atoms. The van der Waals surface area contributed by atoms with Gasteiger partial charge in [-0.15, -0.1) is 0 Å². The first kappa shape index (κ1) is 21.7. The van der Waals surface area contributed by atoms with Crippen LogP contribution < -0.4 is 16.7 Å². The molecule has 4 rings (SSSR count). The van der Waals surface area contributed by atoms with Gasteiger partial charge in [0.2, 0.25) is 0 Å². The first-order chi connectivity index (χ1) is 15.5. The molecule has 166 valence electrons. The molecule has 1 fully saturated rings. The van der Waals surface area contributed by atoms with E-state index in [4.69, 9.17) is 4.99 Å². The SMILES string of the molecule is Cc1ccn(C(=O)Cn2c(=O)ccn(Cc3ccccc3)c2=O)c(=NC2CCCCC2)c1. The van der Waals surface area contributed by atoms with Crippen LogP contribution in [0.25, 0.3) is 0 Å². The smallest absolute Gasteiger partial charge is 0.296 e. The van der Waals surface area contributed by atoms with Gasteiger partial charge >= 0.3 is 5.69 Å². The fourth-order valence-corrected chi connectivity index (χ4v) is 4.11. The van der Waals surface area contributed by atoms with Crippen LogP contribution in [0.5, 0.6) is 0 Å². The minimum absolute atomic E-state index is 0.201. The summed E-state index contributed by atoms with van der Waals surface area (Å²) in [5, 5.41) is 0. The number of carbonyl (C=O) groups excluding carboxylic acids is 1. The molecule has 0 spiro atoms. The molecule has 2 heterocycles. The Labute approximate surface area is 186 Å². The highest BCUT2D eigenvalue weighted by molar-refractivity contribution is 5.78. The zero-order valence-corrected chi connectivity index (χ0v) is 18.3. The Bertz CT molecular complexity index is 1280. The number of aromatic nitrogens is 3. The molecule has 1 aliphatic rings. The summed E-state index contributed by atoms with van der Waals surface area (Å²) < 4.78 is 3.89. The van der Waals surface area contributed by atoms with E-state index in [0.717, 1.165) is 41.4 Å². The van der Waals surface area contributed by atoms with Gasteiger partial charge in [-0.3, -0.25) is 28.3 Å². The summed E-state index contributed by atoms with van der Waals surface area (Å²) >= 11 is 0. The number of benzene rings is 1. The summed E-state index contributed by atoms with van der Waals surface area (Å²) in [6.45, 7) is 1.95. The molecule has 0 saturated heterocycles. The molecule has 1 saturated carbocycles. The number of pyridine rings is 1. The second-order valence-electron chi connectivity index (χ2n) is 8.38. The minimum Gasteiger partial charge on any atom is -0.296 e. The van der Waals surface area contributed by atoms with E-state index in [9.17, 15) is 14.4 Å². The summed E-state index contributed by atoms with van der Waals surface area (Å²) in [6.07, 6.45) is 8.71. The summed E-state index contributed by atoms with van der Waals surface area (Å²) in [6, 6.07) is 14.8. The molecule has 32 heavy (non-hydrogen) atoms. The maximum Gasteiger partial charge on any atom is 0.331 e. The highest BCUT2D eigenvalue weighted by Crippen LogP contribution is 2.19. The molecule has 0 radical (unpaired) electrons. The van der Waals surface area contributed by atoms with Gasteiger partial charge in [0.15, 0.2) is 0 Å². The lowest BCUT2D eigenvalue weighted by Gasteiger charge is -2.18. The van der Waals surface area contributed by atoms with Crippen LogP contribution in [0.4, 0.5) is 0 Å². The minimum atomic E-state index is -0.506. The Morgan fingerprint density at radius 3 is 2.50 bits per heavy atom.